The average molecular weight is 262 g/mol. The van der Waals surface area contributed by atoms with Gasteiger partial charge >= 0.3 is 5.97 Å². The van der Waals surface area contributed by atoms with Gasteiger partial charge < -0.3 is 9.47 Å². The zero-order chi connectivity index (χ0) is 13.9. The molecule has 0 unspecified atom stereocenters. The molecular weight excluding hydrogens is 240 g/mol. The van der Waals surface area contributed by atoms with Gasteiger partial charge in [0, 0.05) is 0 Å². The van der Waals surface area contributed by atoms with Crippen LogP contribution < -0.4 is 0 Å². The van der Waals surface area contributed by atoms with E-state index in [1.165, 1.54) is 0 Å². The van der Waals surface area contributed by atoms with E-state index in [4.69, 9.17) is 9.47 Å². The molecule has 1 aliphatic carbocycles. The highest BCUT2D eigenvalue weighted by Gasteiger charge is 2.45. The monoisotopic (exact) mass is 262 g/mol. The van der Waals surface area contributed by atoms with Crippen LogP contribution in [-0.4, -0.2) is 18.2 Å². The third kappa shape index (κ3) is 4.67. The Morgan fingerprint density at radius 2 is 1.95 bits per heavy atom. The van der Waals surface area contributed by atoms with Gasteiger partial charge in [-0.1, -0.05) is 30.3 Å². The maximum atomic E-state index is 11.8. The molecular formula is C16H22O3. The highest BCUT2D eigenvalue weighted by atomic mass is 16.6. The van der Waals surface area contributed by atoms with Crippen LogP contribution in [0.25, 0.3) is 0 Å². The van der Waals surface area contributed by atoms with Crippen molar-refractivity contribution in [1.82, 2.24) is 0 Å². The molecule has 0 radical (unpaired) electrons. The van der Waals surface area contributed by atoms with Crippen LogP contribution in [0.15, 0.2) is 30.3 Å². The van der Waals surface area contributed by atoms with Crippen molar-refractivity contribution in [2.24, 2.45) is 11.8 Å². The average Bonchev–Trinajstić information content (AvgIpc) is 3.08. The van der Waals surface area contributed by atoms with Crippen LogP contribution in [0.4, 0.5) is 0 Å². The van der Waals surface area contributed by atoms with E-state index >= 15 is 0 Å². The summed E-state index contributed by atoms with van der Waals surface area (Å²) in [5.41, 5.74) is 0.770. The van der Waals surface area contributed by atoms with Crippen molar-refractivity contribution < 1.29 is 14.3 Å². The summed E-state index contributed by atoms with van der Waals surface area (Å²) in [6, 6.07) is 10.1. The Balaban J connectivity index is 1.66. The zero-order valence-corrected chi connectivity index (χ0v) is 11.9. The molecule has 3 nitrogen and oxygen atoms in total. The summed E-state index contributed by atoms with van der Waals surface area (Å²) in [5, 5.41) is 0. The minimum atomic E-state index is -0.394. The molecule has 0 heterocycles. The van der Waals surface area contributed by atoms with Crippen LogP contribution in [-0.2, 0) is 20.9 Å². The number of hydrogen-bond acceptors (Lipinski definition) is 3. The maximum absolute atomic E-state index is 11.8. The first kappa shape index (κ1) is 14.1. The van der Waals surface area contributed by atoms with Crippen LogP contribution in [0, 0.1) is 11.8 Å². The topological polar surface area (TPSA) is 35.5 Å². The van der Waals surface area contributed by atoms with Gasteiger partial charge in [-0.2, -0.15) is 0 Å². The molecule has 0 amide bonds. The number of ether oxygens (including phenoxy) is 2. The van der Waals surface area contributed by atoms with E-state index in [2.05, 4.69) is 0 Å². The van der Waals surface area contributed by atoms with E-state index in [9.17, 15) is 4.79 Å². The van der Waals surface area contributed by atoms with Crippen molar-refractivity contribution in [2.45, 2.75) is 39.4 Å². The van der Waals surface area contributed by atoms with Gasteiger partial charge in [0.1, 0.15) is 5.60 Å². The maximum Gasteiger partial charge on any atom is 0.309 e. The Kier molecular flexibility index (Phi) is 4.25. The lowest BCUT2D eigenvalue weighted by Crippen LogP contribution is -2.25. The van der Waals surface area contributed by atoms with Crippen LogP contribution in [0.5, 0.6) is 0 Å². The van der Waals surface area contributed by atoms with E-state index in [-0.39, 0.29) is 11.9 Å². The van der Waals surface area contributed by atoms with Crippen LogP contribution in [0.1, 0.15) is 32.8 Å². The molecule has 0 aliphatic heterocycles. The smallest absolute Gasteiger partial charge is 0.309 e. The molecule has 3 heteroatoms. The van der Waals surface area contributed by atoms with Gasteiger partial charge in [0.2, 0.25) is 0 Å². The number of carbonyl (C=O) groups excluding carboxylic acids is 1. The molecule has 19 heavy (non-hydrogen) atoms. The lowest BCUT2D eigenvalue weighted by molar-refractivity contribution is -0.157. The first-order valence-corrected chi connectivity index (χ1v) is 6.80. The lowest BCUT2D eigenvalue weighted by Gasteiger charge is -2.19. The third-order valence-corrected chi connectivity index (χ3v) is 3.08. The second kappa shape index (κ2) is 5.74. The minimum Gasteiger partial charge on any atom is -0.460 e. The highest BCUT2D eigenvalue weighted by molar-refractivity contribution is 5.76. The Labute approximate surface area is 114 Å². The number of esters is 1. The fraction of sp³-hybridized carbons (Fsp3) is 0.562. The van der Waals surface area contributed by atoms with Crippen LogP contribution in [0.2, 0.25) is 0 Å². The minimum absolute atomic E-state index is 0.0370. The molecule has 2 atom stereocenters. The second-order valence-electron chi connectivity index (χ2n) is 6.14. The molecule has 0 bridgehead atoms. The predicted octanol–water partition coefficient (Wildman–Crippen LogP) is 3.18. The number of carbonyl (C=O) groups is 1. The van der Waals surface area contributed by atoms with Crippen molar-refractivity contribution in [3.63, 3.8) is 0 Å². The van der Waals surface area contributed by atoms with Gasteiger partial charge in [-0.05, 0) is 38.7 Å². The molecule has 0 spiro atoms. The molecule has 104 valence electrons. The van der Waals surface area contributed by atoms with E-state index < -0.39 is 5.60 Å². The number of benzene rings is 1. The van der Waals surface area contributed by atoms with Gasteiger partial charge in [0.05, 0.1) is 19.1 Å². The van der Waals surface area contributed by atoms with E-state index in [1.807, 2.05) is 51.1 Å². The predicted molar refractivity (Wildman–Crippen MR) is 73.5 cm³/mol. The fourth-order valence-corrected chi connectivity index (χ4v) is 2.00. The number of hydrogen-bond donors (Lipinski definition) is 0. The van der Waals surface area contributed by atoms with Crippen molar-refractivity contribution in [1.29, 1.82) is 0 Å². The summed E-state index contributed by atoms with van der Waals surface area (Å²) in [5.74, 6) is 0.286. The van der Waals surface area contributed by atoms with Crippen molar-refractivity contribution >= 4 is 5.97 Å². The van der Waals surface area contributed by atoms with Gasteiger partial charge in [-0.15, -0.1) is 0 Å². The standard InChI is InChI=1S/C16H22O3/c1-16(2,3)19-15(17)14-9-13(14)11-18-10-12-7-5-4-6-8-12/h4-8,13-14H,9-11H2,1-3H3/t13-,14+/m0/s1. The first-order valence-electron chi connectivity index (χ1n) is 6.80. The largest absolute Gasteiger partial charge is 0.460 e. The molecule has 1 aliphatic rings. The van der Waals surface area contributed by atoms with E-state index in [1.54, 1.807) is 0 Å². The second-order valence-corrected chi connectivity index (χ2v) is 6.14. The quantitative estimate of drug-likeness (QED) is 0.764. The fourth-order valence-electron chi connectivity index (χ4n) is 2.00. The first-order chi connectivity index (χ1) is 8.96. The van der Waals surface area contributed by atoms with E-state index in [0.29, 0.717) is 19.1 Å². The van der Waals surface area contributed by atoms with Crippen molar-refractivity contribution in [2.75, 3.05) is 6.61 Å². The summed E-state index contributed by atoms with van der Waals surface area (Å²) < 4.78 is 11.0. The van der Waals surface area contributed by atoms with Crippen molar-refractivity contribution in [3.05, 3.63) is 35.9 Å². The summed E-state index contributed by atoms with van der Waals surface area (Å²) in [6.07, 6.45) is 0.893. The Bertz CT molecular complexity index is 419. The third-order valence-electron chi connectivity index (χ3n) is 3.08. The summed E-state index contributed by atoms with van der Waals surface area (Å²) >= 11 is 0. The van der Waals surface area contributed by atoms with Crippen molar-refractivity contribution in [3.8, 4) is 0 Å². The summed E-state index contributed by atoms with van der Waals surface area (Å²) in [4.78, 5) is 11.8. The SMILES string of the molecule is CC(C)(C)OC(=O)[C@@H]1C[C@H]1COCc1ccccc1. The Morgan fingerprint density at radius 3 is 2.58 bits per heavy atom. The molecule has 1 fully saturated rings. The van der Waals surface area contributed by atoms with Gasteiger partial charge in [0.25, 0.3) is 0 Å². The molecule has 0 saturated heterocycles. The van der Waals surface area contributed by atoms with Crippen LogP contribution in [0.3, 0.4) is 0 Å². The van der Waals surface area contributed by atoms with Gasteiger partial charge in [-0.25, -0.2) is 0 Å². The molecule has 1 saturated carbocycles. The summed E-state index contributed by atoms with van der Waals surface area (Å²) in [7, 11) is 0. The van der Waals surface area contributed by atoms with Gasteiger partial charge in [0.15, 0.2) is 0 Å². The lowest BCUT2D eigenvalue weighted by atomic mass is 10.2. The zero-order valence-electron chi connectivity index (χ0n) is 11.9. The Morgan fingerprint density at radius 1 is 1.26 bits per heavy atom. The molecule has 1 aromatic rings. The number of rotatable bonds is 5. The molecule has 1 aromatic carbocycles. The van der Waals surface area contributed by atoms with E-state index in [0.717, 1.165) is 12.0 Å². The molecule has 0 N–H and O–H groups in total. The van der Waals surface area contributed by atoms with Gasteiger partial charge in [-0.3, -0.25) is 4.79 Å². The van der Waals surface area contributed by atoms with Crippen LogP contribution >= 0.6 is 0 Å². The Hall–Kier alpha value is -1.35. The molecule has 0 aromatic heterocycles. The molecule has 2 rings (SSSR count). The normalized spacial score (nSPS) is 22.1. The summed E-state index contributed by atoms with van der Waals surface area (Å²) in [6.45, 7) is 6.94. The highest BCUT2D eigenvalue weighted by Crippen LogP contribution is 2.40.